The number of benzene rings is 2. The minimum Gasteiger partial charge on any atom is -0.454 e. The zero-order valence-corrected chi connectivity index (χ0v) is 17.9. The number of fused-ring (bicyclic) bond motifs is 2. The lowest BCUT2D eigenvalue weighted by Gasteiger charge is -2.19. The number of halogens is 1. The van der Waals surface area contributed by atoms with E-state index in [9.17, 15) is 9.59 Å². The fraction of sp³-hybridized carbons (Fsp3) is 0.238. The van der Waals surface area contributed by atoms with Crippen molar-refractivity contribution >= 4 is 29.1 Å². The summed E-state index contributed by atoms with van der Waals surface area (Å²) in [7, 11) is 0. The van der Waals surface area contributed by atoms with Crippen LogP contribution in [0.1, 0.15) is 11.5 Å². The summed E-state index contributed by atoms with van der Waals surface area (Å²) in [6, 6.07) is 8.50. The van der Waals surface area contributed by atoms with Crippen LogP contribution < -0.4 is 14.4 Å². The number of rotatable bonds is 4. The molecule has 1 fully saturated rings. The van der Waals surface area contributed by atoms with Gasteiger partial charge in [-0.3, -0.25) is 14.6 Å². The summed E-state index contributed by atoms with van der Waals surface area (Å²) >= 11 is 6.18. The van der Waals surface area contributed by atoms with Gasteiger partial charge in [-0.15, -0.1) is 0 Å². The van der Waals surface area contributed by atoms with Gasteiger partial charge in [-0.05, 0) is 42.8 Å². The fourth-order valence-corrected chi connectivity index (χ4v) is 4.11. The highest BCUT2D eigenvalue weighted by atomic mass is 35.5. The van der Waals surface area contributed by atoms with Crippen LogP contribution in [-0.4, -0.2) is 45.8 Å². The maximum atomic E-state index is 13.1. The Balaban J connectivity index is 1.22. The van der Waals surface area contributed by atoms with Crippen LogP contribution >= 0.6 is 11.6 Å². The first kappa shape index (κ1) is 19.7. The van der Waals surface area contributed by atoms with Crippen LogP contribution in [0, 0.1) is 6.92 Å². The highest BCUT2D eigenvalue weighted by molar-refractivity contribution is 6.32. The van der Waals surface area contributed by atoms with Gasteiger partial charge in [0.2, 0.25) is 18.5 Å². The van der Waals surface area contributed by atoms with Gasteiger partial charge < -0.3 is 14.0 Å². The molecule has 1 aromatic heterocycles. The van der Waals surface area contributed by atoms with E-state index in [1.165, 1.54) is 5.01 Å². The minimum absolute atomic E-state index is 0.0176. The topological polar surface area (TPSA) is 123 Å². The van der Waals surface area contributed by atoms with Crippen LogP contribution in [0.3, 0.4) is 0 Å². The third-order valence-corrected chi connectivity index (χ3v) is 6.07. The van der Waals surface area contributed by atoms with E-state index in [-0.39, 0.29) is 19.2 Å². The van der Waals surface area contributed by atoms with E-state index in [0.29, 0.717) is 33.6 Å². The number of anilines is 1. The van der Waals surface area contributed by atoms with Crippen LogP contribution in [0.5, 0.6) is 11.5 Å². The molecule has 6 rings (SSSR count). The molecule has 3 aliphatic heterocycles. The Hall–Kier alpha value is -3.99. The molecule has 12 heteroatoms. The number of amides is 2. The molecule has 2 aromatic carbocycles. The molecule has 0 bridgehead atoms. The van der Waals surface area contributed by atoms with E-state index in [4.69, 9.17) is 25.6 Å². The van der Waals surface area contributed by atoms with Crippen molar-refractivity contribution in [1.82, 2.24) is 15.1 Å². The molecule has 3 aliphatic rings. The van der Waals surface area contributed by atoms with Crippen molar-refractivity contribution in [3.05, 3.63) is 52.9 Å². The van der Waals surface area contributed by atoms with Gasteiger partial charge in [-0.1, -0.05) is 28.0 Å². The maximum absolute atomic E-state index is 13.1. The Bertz CT molecular complexity index is 1340. The lowest BCUT2D eigenvalue weighted by atomic mass is 10.1. The zero-order valence-electron chi connectivity index (χ0n) is 17.1. The van der Waals surface area contributed by atoms with Crippen LogP contribution in [0.2, 0.25) is 5.02 Å². The smallest absolute Gasteiger partial charge is 0.263 e. The highest BCUT2D eigenvalue weighted by Gasteiger charge is 2.55. The minimum atomic E-state index is -0.936. The molecule has 166 valence electrons. The van der Waals surface area contributed by atoms with Gasteiger partial charge in [0.05, 0.1) is 5.69 Å². The van der Waals surface area contributed by atoms with Crippen molar-refractivity contribution in [1.29, 1.82) is 0 Å². The van der Waals surface area contributed by atoms with Crippen molar-refractivity contribution in [3.63, 3.8) is 0 Å². The average Bonchev–Trinajstić information content (AvgIpc) is 3.57. The van der Waals surface area contributed by atoms with Crippen LogP contribution in [0.4, 0.5) is 5.69 Å². The maximum Gasteiger partial charge on any atom is 0.263 e. The van der Waals surface area contributed by atoms with E-state index >= 15 is 0 Å². The molecule has 11 nitrogen and oxygen atoms in total. The third-order valence-electron chi connectivity index (χ3n) is 5.67. The summed E-state index contributed by atoms with van der Waals surface area (Å²) < 4.78 is 16.0. The summed E-state index contributed by atoms with van der Waals surface area (Å²) in [6.07, 6.45) is 0. The lowest BCUT2D eigenvalue weighted by molar-refractivity contribution is -0.123. The van der Waals surface area contributed by atoms with Gasteiger partial charge in [0, 0.05) is 10.6 Å². The highest BCUT2D eigenvalue weighted by Crippen LogP contribution is 2.36. The van der Waals surface area contributed by atoms with E-state index in [1.54, 1.807) is 36.4 Å². The first-order valence-electron chi connectivity index (χ1n) is 10.0. The Labute approximate surface area is 191 Å². The molecule has 0 aliphatic carbocycles. The molecule has 3 aromatic rings. The number of nitrogens with zero attached hydrogens (tertiary/aromatic N) is 6. The SMILES string of the molecule is Cc1ccc(N2C(=O)[C@@H]3[C@@H](N=NN3Cc3nc(-c4ccc5c(c4)OCO5)no3)C2=O)cc1Cl. The number of aryl methyl sites for hydroxylation is 1. The van der Waals surface area contributed by atoms with Gasteiger partial charge in [-0.25, -0.2) is 4.90 Å². The molecular formula is C21H15ClN6O5. The molecule has 2 amide bonds. The van der Waals surface area contributed by atoms with Gasteiger partial charge in [0.15, 0.2) is 23.6 Å². The van der Waals surface area contributed by atoms with Gasteiger partial charge in [0.25, 0.3) is 11.8 Å². The van der Waals surface area contributed by atoms with Crippen molar-refractivity contribution in [3.8, 4) is 22.9 Å². The predicted octanol–water partition coefficient (Wildman–Crippen LogP) is 2.92. The Morgan fingerprint density at radius 2 is 1.94 bits per heavy atom. The molecule has 1 saturated heterocycles. The number of carbonyl (C=O) groups is 2. The van der Waals surface area contributed by atoms with E-state index in [1.807, 2.05) is 6.92 Å². The second kappa shape index (κ2) is 7.27. The largest absolute Gasteiger partial charge is 0.454 e. The van der Waals surface area contributed by atoms with Crippen LogP contribution in [0.25, 0.3) is 11.4 Å². The Morgan fingerprint density at radius 1 is 1.09 bits per heavy atom. The quantitative estimate of drug-likeness (QED) is 0.538. The Morgan fingerprint density at radius 3 is 2.79 bits per heavy atom. The number of hydrogen-bond acceptors (Lipinski definition) is 10. The molecular weight excluding hydrogens is 452 g/mol. The second-order valence-corrected chi connectivity index (χ2v) is 8.12. The lowest BCUT2D eigenvalue weighted by Crippen LogP contribution is -2.39. The predicted molar refractivity (Wildman–Crippen MR) is 113 cm³/mol. The van der Waals surface area contributed by atoms with E-state index in [0.717, 1.165) is 10.5 Å². The number of carbonyl (C=O) groups excluding carboxylic acids is 2. The molecule has 4 heterocycles. The first-order chi connectivity index (χ1) is 16.0. The van der Waals surface area contributed by atoms with Crippen molar-refractivity contribution < 1.29 is 23.6 Å². The first-order valence-corrected chi connectivity index (χ1v) is 10.4. The summed E-state index contributed by atoms with van der Waals surface area (Å²) in [6.45, 7) is 2.02. The normalized spacial score (nSPS) is 20.8. The molecule has 0 N–H and O–H groups in total. The van der Waals surface area contributed by atoms with Crippen molar-refractivity contribution in [2.75, 3.05) is 11.7 Å². The molecule has 2 atom stereocenters. The zero-order chi connectivity index (χ0) is 22.7. The standard InChI is InChI=1S/C21H15ClN6O5/c1-10-2-4-12(7-13(10)22)28-20(29)17-18(21(28)30)27(26-24-17)8-16-23-19(25-33-16)11-3-5-14-15(6-11)32-9-31-14/h2-7,17-18H,8-9H2,1H3/t17-,18+/m1/s1. The summed E-state index contributed by atoms with van der Waals surface area (Å²) in [4.78, 5) is 31.5. The second-order valence-electron chi connectivity index (χ2n) is 7.72. The molecule has 0 radical (unpaired) electrons. The molecule has 0 saturated carbocycles. The molecule has 33 heavy (non-hydrogen) atoms. The third kappa shape index (κ3) is 3.11. The van der Waals surface area contributed by atoms with Gasteiger partial charge in [-0.2, -0.15) is 10.1 Å². The van der Waals surface area contributed by atoms with Crippen molar-refractivity contribution in [2.24, 2.45) is 10.3 Å². The number of aromatic nitrogens is 2. The Kier molecular flexibility index (Phi) is 4.34. The van der Waals surface area contributed by atoms with Crippen LogP contribution in [0.15, 0.2) is 51.3 Å². The summed E-state index contributed by atoms with van der Waals surface area (Å²) in [5, 5.41) is 13.9. The van der Waals surface area contributed by atoms with E-state index < -0.39 is 23.9 Å². The van der Waals surface area contributed by atoms with Crippen LogP contribution in [-0.2, 0) is 16.1 Å². The number of ether oxygens (including phenoxy) is 2. The number of imide groups is 1. The molecule has 0 spiro atoms. The van der Waals surface area contributed by atoms with Gasteiger partial charge >= 0.3 is 0 Å². The molecule has 0 unspecified atom stereocenters. The fourth-order valence-electron chi connectivity index (χ4n) is 3.94. The van der Waals surface area contributed by atoms with Crippen molar-refractivity contribution in [2.45, 2.75) is 25.6 Å². The number of hydrogen-bond donors (Lipinski definition) is 0. The average molecular weight is 467 g/mol. The van der Waals surface area contributed by atoms with E-state index in [2.05, 4.69) is 20.5 Å². The summed E-state index contributed by atoms with van der Waals surface area (Å²) in [5.74, 6) is 0.921. The summed E-state index contributed by atoms with van der Waals surface area (Å²) in [5.41, 5.74) is 1.92. The van der Waals surface area contributed by atoms with Gasteiger partial charge in [0.1, 0.15) is 6.54 Å². The monoisotopic (exact) mass is 466 g/mol.